The van der Waals surface area contributed by atoms with Crippen molar-refractivity contribution in [2.24, 2.45) is 4.99 Å². The third-order valence-electron chi connectivity index (χ3n) is 3.86. The zero-order valence-electron chi connectivity index (χ0n) is 12.6. The summed E-state index contributed by atoms with van der Waals surface area (Å²) in [7, 11) is 1.63. The highest BCUT2D eigenvalue weighted by Gasteiger charge is 2.27. The number of halogens is 2. The number of aliphatic imine (C=N–C) groups is 1. The lowest BCUT2D eigenvalue weighted by Gasteiger charge is -2.20. The number of phenols is 1. The Morgan fingerprint density at radius 3 is 2.78 bits per heavy atom. The minimum atomic E-state index is -0.540. The number of anilines is 1. The fraction of sp³-hybridized carbons (Fsp3) is 0.176. The molecule has 1 amide bonds. The van der Waals surface area contributed by atoms with Gasteiger partial charge >= 0.3 is 0 Å². The largest absolute Gasteiger partial charge is 0.508 e. The Hall–Kier alpha value is -2.40. The quantitative estimate of drug-likeness (QED) is 0.871. The monoisotopic (exact) mass is 331 g/mol. The average Bonchev–Trinajstić information content (AvgIpc) is 2.64. The Balaban J connectivity index is 2.34. The molecule has 0 aromatic heterocycles. The van der Waals surface area contributed by atoms with Crippen LogP contribution in [0, 0.1) is 12.7 Å². The van der Waals surface area contributed by atoms with Gasteiger partial charge in [0.1, 0.15) is 18.1 Å². The molecule has 0 saturated carbocycles. The number of benzodiazepines with no additional fused rings is 1. The van der Waals surface area contributed by atoms with Gasteiger partial charge in [0.15, 0.2) is 0 Å². The lowest BCUT2D eigenvalue weighted by atomic mass is 9.97. The number of benzene rings is 2. The first-order valence-corrected chi connectivity index (χ1v) is 7.37. The Kier molecular flexibility index (Phi) is 3.82. The van der Waals surface area contributed by atoms with Gasteiger partial charge < -0.3 is 10.0 Å². The zero-order chi connectivity index (χ0) is 16.7. The van der Waals surface area contributed by atoms with E-state index in [0.717, 1.165) is 11.6 Å². The van der Waals surface area contributed by atoms with Crippen LogP contribution in [0.25, 0.3) is 0 Å². The highest BCUT2D eigenvalue weighted by atomic mass is 35.5. The van der Waals surface area contributed by atoms with E-state index in [4.69, 9.17) is 11.6 Å². The molecule has 0 saturated heterocycles. The van der Waals surface area contributed by atoms with Gasteiger partial charge in [-0.3, -0.25) is 9.79 Å². The molecule has 0 fully saturated rings. The summed E-state index contributed by atoms with van der Waals surface area (Å²) in [4.78, 5) is 17.9. The molecule has 3 rings (SSSR count). The first kappa shape index (κ1) is 15.5. The number of fused-ring (bicyclic) bond motifs is 1. The van der Waals surface area contributed by atoms with Crippen molar-refractivity contribution >= 4 is 28.9 Å². The second-order valence-electron chi connectivity index (χ2n) is 5.37. The summed E-state index contributed by atoms with van der Waals surface area (Å²) >= 11 is 6.43. The van der Waals surface area contributed by atoms with E-state index in [0.29, 0.717) is 16.3 Å². The van der Waals surface area contributed by atoms with E-state index in [-0.39, 0.29) is 29.5 Å². The summed E-state index contributed by atoms with van der Waals surface area (Å²) in [6.07, 6.45) is 0. The highest BCUT2D eigenvalue weighted by molar-refractivity contribution is 6.38. The van der Waals surface area contributed by atoms with Crippen molar-refractivity contribution in [3.8, 4) is 5.75 Å². The maximum absolute atomic E-state index is 14.3. The number of rotatable bonds is 1. The standard InChI is InChI=1S/C17H14ClFN2O2/c1-9-3-6-13-15(16(9)18)17(20-8-14(23)21(13)2)11-7-10(22)4-5-12(11)19/h3-7,22H,8H2,1-2H3/i2-1. The Labute approximate surface area is 137 Å². The number of amides is 1. The van der Waals surface area contributed by atoms with E-state index < -0.39 is 5.82 Å². The van der Waals surface area contributed by atoms with Crippen molar-refractivity contribution in [2.45, 2.75) is 6.92 Å². The molecule has 0 bridgehead atoms. The van der Waals surface area contributed by atoms with Crippen LogP contribution in [0.15, 0.2) is 35.3 Å². The zero-order valence-corrected chi connectivity index (χ0v) is 13.4. The third kappa shape index (κ3) is 2.57. The molecule has 1 N–H and O–H groups in total. The molecule has 0 atom stereocenters. The van der Waals surface area contributed by atoms with Gasteiger partial charge in [-0.25, -0.2) is 4.39 Å². The van der Waals surface area contributed by atoms with Gasteiger partial charge in [-0.1, -0.05) is 17.7 Å². The molecule has 0 spiro atoms. The number of hydrogen-bond acceptors (Lipinski definition) is 3. The van der Waals surface area contributed by atoms with Gasteiger partial charge in [-0.2, -0.15) is 0 Å². The van der Waals surface area contributed by atoms with Gasteiger partial charge in [0.05, 0.1) is 16.4 Å². The molecule has 2 aromatic rings. The molecule has 1 heterocycles. The molecular weight excluding hydrogens is 318 g/mol. The number of aromatic hydroxyl groups is 1. The van der Waals surface area contributed by atoms with Crippen LogP contribution in [-0.4, -0.2) is 30.3 Å². The van der Waals surface area contributed by atoms with Crippen molar-refractivity contribution < 1.29 is 14.3 Å². The van der Waals surface area contributed by atoms with Crippen LogP contribution < -0.4 is 4.90 Å². The predicted octanol–water partition coefficient (Wildman–Crippen LogP) is 3.31. The minimum absolute atomic E-state index is 0.0849. The summed E-state index contributed by atoms with van der Waals surface area (Å²) in [5.74, 6) is -0.845. The van der Waals surface area contributed by atoms with E-state index >= 15 is 0 Å². The average molecular weight is 332 g/mol. The first-order chi connectivity index (χ1) is 10.9. The maximum Gasteiger partial charge on any atom is 0.248 e. The fourth-order valence-corrected chi connectivity index (χ4v) is 2.80. The van der Waals surface area contributed by atoms with Crippen molar-refractivity contribution in [1.82, 2.24) is 0 Å². The Morgan fingerprint density at radius 2 is 2.04 bits per heavy atom. The summed E-state index contributed by atoms with van der Waals surface area (Å²) in [6, 6.07) is 7.26. The molecule has 0 aliphatic carbocycles. The van der Waals surface area contributed by atoms with E-state index in [2.05, 4.69) is 4.99 Å². The molecule has 118 valence electrons. The molecule has 0 unspecified atom stereocenters. The van der Waals surface area contributed by atoms with Crippen LogP contribution in [0.2, 0.25) is 5.02 Å². The van der Waals surface area contributed by atoms with Gasteiger partial charge in [0.2, 0.25) is 5.91 Å². The molecule has 23 heavy (non-hydrogen) atoms. The molecular formula is C17H14ClFN2O2. The maximum atomic E-state index is 14.3. The second-order valence-corrected chi connectivity index (χ2v) is 5.75. The third-order valence-corrected chi connectivity index (χ3v) is 4.35. The van der Waals surface area contributed by atoms with E-state index in [9.17, 15) is 14.3 Å². The van der Waals surface area contributed by atoms with Gasteiger partial charge in [-0.05, 0) is 36.8 Å². The molecule has 0 radical (unpaired) electrons. The molecule has 6 heteroatoms. The van der Waals surface area contributed by atoms with Crippen molar-refractivity contribution in [3.05, 3.63) is 57.9 Å². The van der Waals surface area contributed by atoms with Crippen LogP contribution in [0.1, 0.15) is 16.7 Å². The topological polar surface area (TPSA) is 52.9 Å². The SMILES string of the molecule is Cc1ccc2c(c1Cl)C(c1cc(O)ccc1F)=NCC(=O)N2[11CH3]. The first-order valence-electron chi connectivity index (χ1n) is 6.99. The highest BCUT2D eigenvalue weighted by Crippen LogP contribution is 2.35. The fourth-order valence-electron chi connectivity index (χ4n) is 2.56. The number of nitrogens with zero attached hydrogens (tertiary/aromatic N) is 2. The van der Waals surface area contributed by atoms with E-state index in [1.54, 1.807) is 19.2 Å². The number of aryl methyl sites for hydroxylation is 1. The number of carbonyl (C=O) groups excluding carboxylic acids is 1. The van der Waals surface area contributed by atoms with Gasteiger partial charge in [-0.15, -0.1) is 0 Å². The summed E-state index contributed by atoms with van der Waals surface area (Å²) < 4.78 is 14.3. The van der Waals surface area contributed by atoms with Crippen LogP contribution in [0.4, 0.5) is 10.1 Å². The van der Waals surface area contributed by atoms with Crippen molar-refractivity contribution in [3.63, 3.8) is 0 Å². The molecule has 1 aliphatic heterocycles. The van der Waals surface area contributed by atoms with Crippen molar-refractivity contribution in [2.75, 3.05) is 18.5 Å². The molecule has 1 aliphatic rings. The van der Waals surface area contributed by atoms with E-state index in [1.165, 1.54) is 17.0 Å². The van der Waals surface area contributed by atoms with E-state index in [1.807, 2.05) is 6.92 Å². The summed E-state index contributed by atoms with van der Waals surface area (Å²) in [5.41, 5.74) is 2.22. The lowest BCUT2D eigenvalue weighted by molar-refractivity contribution is -0.116. The number of hydrogen-bond donors (Lipinski definition) is 1. The Morgan fingerprint density at radius 1 is 1.30 bits per heavy atom. The van der Waals surface area contributed by atoms with Gasteiger partial charge in [0.25, 0.3) is 0 Å². The number of likely N-dealkylation sites (N-methyl/N-ethyl adjacent to an activating group) is 1. The van der Waals surface area contributed by atoms with Crippen LogP contribution in [0.5, 0.6) is 5.75 Å². The lowest BCUT2D eigenvalue weighted by Crippen LogP contribution is -2.27. The molecule has 2 aromatic carbocycles. The predicted molar refractivity (Wildman–Crippen MR) is 88.2 cm³/mol. The second kappa shape index (κ2) is 5.66. The van der Waals surface area contributed by atoms with Crippen LogP contribution in [-0.2, 0) is 4.79 Å². The molecule has 4 nitrogen and oxygen atoms in total. The minimum Gasteiger partial charge on any atom is -0.508 e. The normalized spacial score (nSPS) is 14.3. The number of carbonyl (C=O) groups is 1. The summed E-state index contributed by atoms with van der Waals surface area (Å²) in [6.45, 7) is 1.71. The smallest absolute Gasteiger partial charge is 0.248 e. The Bertz CT molecular complexity index is 849. The summed E-state index contributed by atoms with van der Waals surface area (Å²) in [5, 5.41) is 10.1. The van der Waals surface area contributed by atoms with Crippen LogP contribution >= 0.6 is 11.6 Å². The van der Waals surface area contributed by atoms with Crippen LogP contribution in [0.3, 0.4) is 0 Å². The number of phenolic OH excluding ortho intramolecular Hbond substituents is 1. The van der Waals surface area contributed by atoms with Gasteiger partial charge in [0, 0.05) is 18.2 Å². The van der Waals surface area contributed by atoms with Crippen molar-refractivity contribution in [1.29, 1.82) is 0 Å².